The molecule has 0 fully saturated rings. The number of para-hydroxylation sites is 1. The minimum atomic E-state index is -3.67. The van der Waals surface area contributed by atoms with E-state index in [0.29, 0.717) is 16.5 Å². The number of nitrogens with zero attached hydrogens (tertiary/aromatic N) is 2. The Kier molecular flexibility index (Phi) is 5.37. The van der Waals surface area contributed by atoms with Gasteiger partial charge in [-0.1, -0.05) is 42.5 Å². The van der Waals surface area contributed by atoms with Gasteiger partial charge in [-0.05, 0) is 43.4 Å². The van der Waals surface area contributed by atoms with Crippen molar-refractivity contribution >= 4 is 32.4 Å². The van der Waals surface area contributed by atoms with Crippen molar-refractivity contribution in [2.75, 3.05) is 12.4 Å². The van der Waals surface area contributed by atoms with E-state index in [4.69, 9.17) is 0 Å². The molecule has 4 aromatic rings. The van der Waals surface area contributed by atoms with Crippen molar-refractivity contribution in [3.05, 3.63) is 94.9 Å². The van der Waals surface area contributed by atoms with Crippen molar-refractivity contribution in [2.24, 2.45) is 0 Å². The van der Waals surface area contributed by atoms with Crippen LogP contribution < -0.4 is 15.6 Å². The van der Waals surface area contributed by atoms with Gasteiger partial charge in [0.05, 0.1) is 16.0 Å². The summed E-state index contributed by atoms with van der Waals surface area (Å²) in [4.78, 5) is 26.1. The number of carbonyl (C=O) groups is 1. The highest BCUT2D eigenvalue weighted by molar-refractivity contribution is 7.89. The molecule has 31 heavy (non-hydrogen) atoms. The van der Waals surface area contributed by atoms with Gasteiger partial charge >= 0.3 is 0 Å². The topological polar surface area (TPSA) is 110 Å². The van der Waals surface area contributed by atoms with Crippen LogP contribution >= 0.6 is 0 Å². The van der Waals surface area contributed by atoms with Gasteiger partial charge in [-0.3, -0.25) is 9.59 Å². The summed E-state index contributed by atoms with van der Waals surface area (Å²) in [6, 6.07) is 21.4. The van der Waals surface area contributed by atoms with Crippen molar-refractivity contribution in [1.29, 1.82) is 0 Å². The van der Waals surface area contributed by atoms with Crippen LogP contribution in [0.3, 0.4) is 0 Å². The molecule has 8 nitrogen and oxygen atoms in total. The van der Waals surface area contributed by atoms with E-state index in [2.05, 4.69) is 15.1 Å². The van der Waals surface area contributed by atoms with Crippen LogP contribution in [0.1, 0.15) is 10.5 Å². The molecule has 0 radical (unpaired) electrons. The fourth-order valence-corrected chi connectivity index (χ4v) is 3.93. The van der Waals surface area contributed by atoms with Crippen molar-refractivity contribution in [3.8, 4) is 5.69 Å². The van der Waals surface area contributed by atoms with Crippen LogP contribution in [0.4, 0.5) is 5.69 Å². The summed E-state index contributed by atoms with van der Waals surface area (Å²) in [6.07, 6.45) is 0. The molecule has 3 aromatic carbocycles. The molecule has 2 N–H and O–H groups in total. The highest BCUT2D eigenvalue weighted by atomic mass is 32.2. The minimum absolute atomic E-state index is 0.0138. The first-order valence-corrected chi connectivity index (χ1v) is 10.8. The molecule has 0 saturated heterocycles. The lowest BCUT2D eigenvalue weighted by Crippen LogP contribution is -2.26. The molecule has 0 atom stereocenters. The summed E-state index contributed by atoms with van der Waals surface area (Å²) in [5.74, 6) is -0.570. The van der Waals surface area contributed by atoms with E-state index in [-0.39, 0.29) is 21.8 Å². The fourth-order valence-electron chi connectivity index (χ4n) is 3.15. The third-order valence-electron chi connectivity index (χ3n) is 4.69. The lowest BCUT2D eigenvalue weighted by molar-refractivity contribution is 0.102. The number of hydrogen-bond donors (Lipinski definition) is 2. The zero-order chi connectivity index (χ0) is 22.0. The molecule has 9 heteroatoms. The second-order valence-corrected chi connectivity index (χ2v) is 8.52. The van der Waals surface area contributed by atoms with Crippen LogP contribution in [0.5, 0.6) is 0 Å². The summed E-state index contributed by atoms with van der Waals surface area (Å²) in [6.45, 7) is 0. The van der Waals surface area contributed by atoms with E-state index in [0.717, 1.165) is 0 Å². The number of benzene rings is 3. The summed E-state index contributed by atoms with van der Waals surface area (Å²) in [5.41, 5.74) is 0.500. The normalized spacial score (nSPS) is 11.4. The Morgan fingerprint density at radius 2 is 1.58 bits per heavy atom. The molecule has 0 aliphatic carbocycles. The van der Waals surface area contributed by atoms with E-state index in [1.165, 1.54) is 29.9 Å². The zero-order valence-electron chi connectivity index (χ0n) is 16.4. The first-order valence-electron chi connectivity index (χ1n) is 9.33. The predicted octanol–water partition coefficient (Wildman–Crippen LogP) is 2.55. The smallest absolute Gasteiger partial charge is 0.279 e. The summed E-state index contributed by atoms with van der Waals surface area (Å²) in [7, 11) is -2.36. The van der Waals surface area contributed by atoms with Gasteiger partial charge in [0, 0.05) is 11.1 Å². The SMILES string of the molecule is CNS(=O)(=O)c1cccc(NC(=O)c2nn(-c3ccccc3)c(=O)c3ccccc23)c1. The Labute approximate surface area is 178 Å². The van der Waals surface area contributed by atoms with Gasteiger partial charge in [-0.25, -0.2) is 13.1 Å². The van der Waals surface area contributed by atoms with Crippen molar-refractivity contribution in [1.82, 2.24) is 14.5 Å². The van der Waals surface area contributed by atoms with Crippen LogP contribution in [-0.4, -0.2) is 31.2 Å². The summed E-state index contributed by atoms with van der Waals surface area (Å²) < 4.78 is 27.5. The lowest BCUT2D eigenvalue weighted by Gasteiger charge is -2.12. The van der Waals surface area contributed by atoms with Gasteiger partial charge in [-0.15, -0.1) is 0 Å². The van der Waals surface area contributed by atoms with E-state index in [9.17, 15) is 18.0 Å². The third-order valence-corrected chi connectivity index (χ3v) is 6.10. The first kappa shape index (κ1) is 20.5. The lowest BCUT2D eigenvalue weighted by atomic mass is 10.1. The molecular weight excluding hydrogens is 416 g/mol. The molecule has 156 valence electrons. The molecule has 1 aromatic heterocycles. The number of sulfonamides is 1. The molecule has 1 amide bonds. The predicted molar refractivity (Wildman–Crippen MR) is 118 cm³/mol. The zero-order valence-corrected chi connectivity index (χ0v) is 17.3. The van der Waals surface area contributed by atoms with Gasteiger partial charge in [-0.2, -0.15) is 9.78 Å². The van der Waals surface area contributed by atoms with Crippen LogP contribution in [-0.2, 0) is 10.0 Å². The second kappa shape index (κ2) is 8.13. The number of hydrogen-bond acceptors (Lipinski definition) is 5. The standard InChI is InChI=1S/C22H18N4O4S/c1-23-31(29,30)17-11-7-8-15(14-17)24-21(27)20-18-12-5-6-13-19(18)22(28)26(25-20)16-9-3-2-4-10-16/h2-14,23H,1H3,(H,24,27). The van der Waals surface area contributed by atoms with Crippen LogP contribution in [0, 0.1) is 0 Å². The molecule has 0 unspecified atom stereocenters. The van der Waals surface area contributed by atoms with E-state index >= 15 is 0 Å². The Bertz CT molecular complexity index is 1450. The van der Waals surface area contributed by atoms with Gasteiger partial charge in [0.1, 0.15) is 0 Å². The number of carbonyl (C=O) groups excluding carboxylic acids is 1. The van der Waals surface area contributed by atoms with Crippen molar-refractivity contribution in [2.45, 2.75) is 4.90 Å². The quantitative estimate of drug-likeness (QED) is 0.502. The van der Waals surface area contributed by atoms with Crippen LogP contribution in [0.2, 0.25) is 0 Å². The molecular formula is C22H18N4O4S. The Morgan fingerprint density at radius 3 is 2.29 bits per heavy atom. The number of nitrogens with one attached hydrogen (secondary N) is 2. The Morgan fingerprint density at radius 1 is 0.903 bits per heavy atom. The maximum Gasteiger partial charge on any atom is 0.279 e. The number of fused-ring (bicyclic) bond motifs is 1. The summed E-state index contributed by atoms with van der Waals surface area (Å²) in [5, 5.41) is 7.74. The van der Waals surface area contributed by atoms with E-state index in [1.54, 1.807) is 54.6 Å². The summed E-state index contributed by atoms with van der Waals surface area (Å²) >= 11 is 0. The van der Waals surface area contributed by atoms with E-state index < -0.39 is 15.9 Å². The van der Waals surface area contributed by atoms with Crippen molar-refractivity contribution < 1.29 is 13.2 Å². The number of amides is 1. The molecule has 0 aliphatic rings. The second-order valence-electron chi connectivity index (χ2n) is 6.64. The number of aromatic nitrogens is 2. The van der Waals surface area contributed by atoms with Gasteiger partial charge in [0.2, 0.25) is 10.0 Å². The average molecular weight is 434 g/mol. The number of anilines is 1. The fraction of sp³-hybridized carbons (Fsp3) is 0.0455. The minimum Gasteiger partial charge on any atom is -0.321 e. The van der Waals surface area contributed by atoms with Crippen LogP contribution in [0.15, 0.2) is 88.6 Å². The van der Waals surface area contributed by atoms with Crippen molar-refractivity contribution in [3.63, 3.8) is 0 Å². The molecule has 4 rings (SSSR count). The van der Waals surface area contributed by atoms with Gasteiger partial charge < -0.3 is 5.32 Å². The first-order chi connectivity index (χ1) is 14.9. The monoisotopic (exact) mass is 434 g/mol. The Balaban J connectivity index is 1.81. The highest BCUT2D eigenvalue weighted by Crippen LogP contribution is 2.19. The molecule has 0 saturated carbocycles. The molecule has 1 heterocycles. The third kappa shape index (κ3) is 3.96. The van der Waals surface area contributed by atoms with Gasteiger partial charge in [0.15, 0.2) is 5.69 Å². The highest BCUT2D eigenvalue weighted by Gasteiger charge is 2.18. The van der Waals surface area contributed by atoms with E-state index in [1.807, 2.05) is 6.07 Å². The molecule has 0 bridgehead atoms. The average Bonchev–Trinajstić information content (AvgIpc) is 2.80. The van der Waals surface area contributed by atoms with Crippen LogP contribution in [0.25, 0.3) is 16.5 Å². The molecule has 0 aliphatic heterocycles. The maximum atomic E-state index is 13.1. The van der Waals surface area contributed by atoms with Gasteiger partial charge in [0.25, 0.3) is 11.5 Å². The molecule has 0 spiro atoms. The number of rotatable bonds is 5. The largest absolute Gasteiger partial charge is 0.321 e. The maximum absolute atomic E-state index is 13.1. The Hall–Kier alpha value is -3.82.